The summed E-state index contributed by atoms with van der Waals surface area (Å²) < 4.78 is 0. The van der Waals surface area contributed by atoms with Crippen molar-refractivity contribution in [3.05, 3.63) is 0 Å². The molecule has 0 radical (unpaired) electrons. The normalized spacial score (nSPS) is 9.69. The third-order valence-electron chi connectivity index (χ3n) is 1.91. The van der Waals surface area contributed by atoms with Crippen molar-refractivity contribution in [3.8, 4) is 0 Å². The second-order valence-corrected chi connectivity index (χ2v) is 3.20. The Hall–Kier alpha value is -0.0400. The maximum Gasteiger partial charge on any atom is -0.00188 e. The van der Waals surface area contributed by atoms with Crippen molar-refractivity contribution in [2.45, 2.75) is 60.3 Å². The van der Waals surface area contributed by atoms with Gasteiger partial charge in [0.2, 0.25) is 0 Å². The molecule has 0 saturated carbocycles. The van der Waals surface area contributed by atoms with Crippen LogP contribution in [0.25, 0.3) is 0 Å². The molecule has 0 aromatic rings. The zero-order valence-electron chi connectivity index (χ0n) is 10.4. The van der Waals surface area contributed by atoms with E-state index in [1.165, 1.54) is 45.3 Å². The Bertz CT molecular complexity index is 65.5. The lowest BCUT2D eigenvalue weighted by atomic mass is 10.3. The van der Waals surface area contributed by atoms with Crippen molar-refractivity contribution >= 4 is 0 Å². The SMILES string of the molecule is CC.CCCCN(CCC)CCC. The molecule has 0 aliphatic carbocycles. The van der Waals surface area contributed by atoms with E-state index in [0.717, 1.165) is 0 Å². The summed E-state index contributed by atoms with van der Waals surface area (Å²) in [6.45, 7) is 14.7. The van der Waals surface area contributed by atoms with Crippen molar-refractivity contribution < 1.29 is 0 Å². The summed E-state index contributed by atoms with van der Waals surface area (Å²) in [4.78, 5) is 2.57. The van der Waals surface area contributed by atoms with Crippen LogP contribution >= 0.6 is 0 Å². The van der Waals surface area contributed by atoms with Gasteiger partial charge < -0.3 is 4.90 Å². The maximum absolute atomic E-state index is 2.57. The summed E-state index contributed by atoms with van der Waals surface area (Å²) in [6, 6.07) is 0. The van der Waals surface area contributed by atoms with Crippen molar-refractivity contribution in [2.24, 2.45) is 0 Å². The Morgan fingerprint density at radius 1 is 0.692 bits per heavy atom. The number of hydrogen-bond acceptors (Lipinski definition) is 1. The van der Waals surface area contributed by atoms with Gasteiger partial charge in [0.05, 0.1) is 0 Å². The fourth-order valence-electron chi connectivity index (χ4n) is 1.35. The average molecular weight is 187 g/mol. The molecule has 0 aliphatic heterocycles. The zero-order valence-corrected chi connectivity index (χ0v) is 10.4. The van der Waals surface area contributed by atoms with Gasteiger partial charge in [0.25, 0.3) is 0 Å². The van der Waals surface area contributed by atoms with Crippen LogP contribution in [0, 0.1) is 0 Å². The monoisotopic (exact) mass is 187 g/mol. The first kappa shape index (κ1) is 15.4. The number of hydrogen-bond donors (Lipinski definition) is 0. The highest BCUT2D eigenvalue weighted by Crippen LogP contribution is 1.97. The van der Waals surface area contributed by atoms with E-state index in [-0.39, 0.29) is 0 Å². The topological polar surface area (TPSA) is 3.24 Å². The smallest absolute Gasteiger partial charge is 0.00188 e. The van der Waals surface area contributed by atoms with Crippen LogP contribution in [0.2, 0.25) is 0 Å². The van der Waals surface area contributed by atoms with Gasteiger partial charge in [-0.05, 0) is 38.9 Å². The quantitative estimate of drug-likeness (QED) is 0.583. The van der Waals surface area contributed by atoms with Crippen LogP contribution in [0.15, 0.2) is 0 Å². The Morgan fingerprint density at radius 3 is 1.46 bits per heavy atom. The largest absolute Gasteiger partial charge is 0.303 e. The molecule has 0 rings (SSSR count). The molecule has 0 saturated heterocycles. The summed E-state index contributed by atoms with van der Waals surface area (Å²) in [7, 11) is 0. The highest BCUT2D eigenvalue weighted by atomic mass is 15.1. The molecule has 0 atom stereocenters. The molecular formula is C12H29N. The highest BCUT2D eigenvalue weighted by molar-refractivity contribution is 4.54. The molecule has 0 aromatic carbocycles. The molecule has 1 nitrogen and oxygen atoms in total. The first-order valence-corrected chi connectivity index (χ1v) is 6.07. The van der Waals surface area contributed by atoms with Crippen LogP contribution in [-0.4, -0.2) is 24.5 Å². The molecule has 0 aliphatic rings. The van der Waals surface area contributed by atoms with E-state index in [1.54, 1.807) is 0 Å². The molecule has 0 amide bonds. The van der Waals surface area contributed by atoms with Gasteiger partial charge in [0.15, 0.2) is 0 Å². The molecule has 0 fully saturated rings. The Balaban J connectivity index is 0. The van der Waals surface area contributed by atoms with Crippen LogP contribution in [0.4, 0.5) is 0 Å². The number of nitrogens with zero attached hydrogens (tertiary/aromatic N) is 1. The molecule has 0 unspecified atom stereocenters. The number of rotatable bonds is 7. The van der Waals surface area contributed by atoms with Crippen LogP contribution in [0.1, 0.15) is 60.3 Å². The van der Waals surface area contributed by atoms with E-state index in [4.69, 9.17) is 0 Å². The predicted molar refractivity (Wildman–Crippen MR) is 63.3 cm³/mol. The van der Waals surface area contributed by atoms with Crippen molar-refractivity contribution in [1.82, 2.24) is 4.90 Å². The summed E-state index contributed by atoms with van der Waals surface area (Å²) in [5, 5.41) is 0. The van der Waals surface area contributed by atoms with E-state index < -0.39 is 0 Å². The van der Waals surface area contributed by atoms with Gasteiger partial charge >= 0.3 is 0 Å². The van der Waals surface area contributed by atoms with Gasteiger partial charge in [-0.2, -0.15) is 0 Å². The average Bonchev–Trinajstić information content (AvgIpc) is 2.18. The maximum atomic E-state index is 2.57. The van der Waals surface area contributed by atoms with Crippen LogP contribution in [-0.2, 0) is 0 Å². The van der Waals surface area contributed by atoms with E-state index in [9.17, 15) is 0 Å². The standard InChI is InChI=1S/C10H23N.C2H6/c1-4-7-10-11(8-5-2)9-6-3;1-2/h4-10H2,1-3H3;1-2H3. The van der Waals surface area contributed by atoms with E-state index in [2.05, 4.69) is 25.7 Å². The molecule has 0 aromatic heterocycles. The first-order valence-electron chi connectivity index (χ1n) is 6.07. The summed E-state index contributed by atoms with van der Waals surface area (Å²) in [5.74, 6) is 0. The van der Waals surface area contributed by atoms with Gasteiger partial charge in [0.1, 0.15) is 0 Å². The van der Waals surface area contributed by atoms with Crippen molar-refractivity contribution in [1.29, 1.82) is 0 Å². The molecule has 0 spiro atoms. The highest BCUT2D eigenvalue weighted by Gasteiger charge is 1.99. The summed E-state index contributed by atoms with van der Waals surface area (Å²) >= 11 is 0. The third kappa shape index (κ3) is 12.0. The fourth-order valence-corrected chi connectivity index (χ4v) is 1.35. The Kier molecular flexibility index (Phi) is 17.2. The van der Waals surface area contributed by atoms with Gasteiger partial charge in [-0.15, -0.1) is 0 Å². The molecule has 0 heterocycles. The third-order valence-corrected chi connectivity index (χ3v) is 1.91. The van der Waals surface area contributed by atoms with Crippen molar-refractivity contribution in [2.75, 3.05) is 19.6 Å². The second-order valence-electron chi connectivity index (χ2n) is 3.20. The minimum Gasteiger partial charge on any atom is -0.303 e. The van der Waals surface area contributed by atoms with Crippen LogP contribution in [0.5, 0.6) is 0 Å². The minimum atomic E-state index is 1.29. The lowest BCUT2D eigenvalue weighted by Crippen LogP contribution is -2.26. The predicted octanol–water partition coefficient (Wildman–Crippen LogP) is 3.93. The van der Waals surface area contributed by atoms with E-state index in [1.807, 2.05) is 13.8 Å². The molecule has 13 heavy (non-hydrogen) atoms. The van der Waals surface area contributed by atoms with Crippen LogP contribution in [0.3, 0.4) is 0 Å². The molecule has 0 bridgehead atoms. The van der Waals surface area contributed by atoms with Crippen LogP contribution < -0.4 is 0 Å². The van der Waals surface area contributed by atoms with Gasteiger partial charge in [-0.1, -0.05) is 41.0 Å². The van der Waals surface area contributed by atoms with E-state index in [0.29, 0.717) is 0 Å². The summed E-state index contributed by atoms with van der Waals surface area (Å²) in [6.07, 6.45) is 5.28. The lowest BCUT2D eigenvalue weighted by Gasteiger charge is -2.20. The lowest BCUT2D eigenvalue weighted by molar-refractivity contribution is 0.270. The Labute approximate surface area is 85.5 Å². The summed E-state index contributed by atoms with van der Waals surface area (Å²) in [5.41, 5.74) is 0. The second kappa shape index (κ2) is 14.5. The van der Waals surface area contributed by atoms with Gasteiger partial charge in [0, 0.05) is 0 Å². The minimum absolute atomic E-state index is 1.29. The number of unbranched alkanes of at least 4 members (excludes halogenated alkanes) is 1. The fraction of sp³-hybridized carbons (Fsp3) is 1.00. The van der Waals surface area contributed by atoms with E-state index >= 15 is 0 Å². The zero-order chi connectivity index (χ0) is 10.5. The first-order chi connectivity index (χ1) is 6.35. The molecular weight excluding hydrogens is 158 g/mol. The molecule has 1 heteroatoms. The van der Waals surface area contributed by atoms with Gasteiger partial charge in [-0.3, -0.25) is 0 Å². The van der Waals surface area contributed by atoms with Crippen molar-refractivity contribution in [3.63, 3.8) is 0 Å². The molecule has 82 valence electrons. The van der Waals surface area contributed by atoms with Gasteiger partial charge in [-0.25, -0.2) is 0 Å². The Morgan fingerprint density at radius 2 is 1.15 bits per heavy atom. The molecule has 0 N–H and O–H groups in total.